The van der Waals surface area contributed by atoms with Gasteiger partial charge in [-0.05, 0) is 53.1 Å². The van der Waals surface area contributed by atoms with Crippen LogP contribution in [0.25, 0.3) is 11.1 Å². The van der Waals surface area contributed by atoms with Crippen LogP contribution < -0.4 is 9.83 Å². The van der Waals surface area contributed by atoms with E-state index in [1.54, 1.807) is 48.5 Å². The van der Waals surface area contributed by atoms with Gasteiger partial charge in [-0.15, -0.1) is 0 Å². The third kappa shape index (κ3) is 2.97. The first-order valence-electron chi connectivity index (χ1n) is 9.62. The summed E-state index contributed by atoms with van der Waals surface area (Å²) in [5.41, 5.74) is 2.72. The molecule has 4 nitrogen and oxygen atoms in total. The van der Waals surface area contributed by atoms with E-state index in [-0.39, 0.29) is 11.5 Å². The van der Waals surface area contributed by atoms with E-state index in [4.69, 9.17) is 4.52 Å². The van der Waals surface area contributed by atoms with Crippen LogP contribution in [0.4, 0.5) is 0 Å². The molecule has 5 heteroatoms. The topological polar surface area (TPSA) is 66.8 Å². The van der Waals surface area contributed by atoms with Gasteiger partial charge < -0.3 is 14.7 Å². The molecule has 0 spiro atoms. The molecule has 148 valence electrons. The fraction of sp³-hybridized carbons (Fsp3) is 0.0400. The highest BCUT2D eigenvalue weighted by Gasteiger charge is 2.44. The molecule has 1 heterocycles. The number of fused-ring (bicyclic) bond motifs is 3. The zero-order valence-corrected chi connectivity index (χ0v) is 16.9. The average Bonchev–Trinajstić information content (AvgIpc) is 2.77. The molecule has 4 aromatic carbocycles. The first kappa shape index (κ1) is 18.5. The van der Waals surface area contributed by atoms with E-state index in [9.17, 15) is 14.8 Å². The molecule has 0 amide bonds. The van der Waals surface area contributed by atoms with Gasteiger partial charge in [0.15, 0.2) is 0 Å². The number of aromatic hydroxyl groups is 2. The highest BCUT2D eigenvalue weighted by molar-refractivity contribution is 7.68. The molecule has 1 aliphatic rings. The Kier molecular flexibility index (Phi) is 4.38. The molecule has 0 saturated carbocycles. The Morgan fingerprint density at radius 2 is 1.13 bits per heavy atom. The minimum absolute atomic E-state index is 0.136. The van der Waals surface area contributed by atoms with Crippen LogP contribution >= 0.6 is 7.37 Å². The standard InChI is InChI=1S/C25H19O4P/c26-19-13-9-17(10-14-19)25(18-11-15-20(27)16-12-18)30(28)24-8-4-2-6-22(24)21-5-1-3-7-23(21)29-30/h1-16,25-27H. The van der Waals surface area contributed by atoms with Crippen molar-refractivity contribution in [3.05, 3.63) is 108 Å². The molecule has 0 bridgehead atoms. The molecule has 30 heavy (non-hydrogen) atoms. The van der Waals surface area contributed by atoms with Gasteiger partial charge in [0.05, 0.1) is 5.30 Å². The Hall–Kier alpha value is -3.49. The number of para-hydroxylation sites is 1. The lowest BCUT2D eigenvalue weighted by Gasteiger charge is -2.34. The van der Waals surface area contributed by atoms with Gasteiger partial charge in [-0.2, -0.15) is 0 Å². The quantitative estimate of drug-likeness (QED) is 0.413. The van der Waals surface area contributed by atoms with E-state index < -0.39 is 13.0 Å². The monoisotopic (exact) mass is 414 g/mol. The third-order valence-corrected chi connectivity index (χ3v) is 8.21. The Balaban J connectivity index is 1.78. The molecule has 0 fully saturated rings. The smallest absolute Gasteiger partial charge is 0.289 e. The average molecular weight is 414 g/mol. The summed E-state index contributed by atoms with van der Waals surface area (Å²) in [5, 5.41) is 20.2. The fourth-order valence-corrected chi connectivity index (χ4v) is 6.91. The van der Waals surface area contributed by atoms with Gasteiger partial charge >= 0.3 is 0 Å². The maximum absolute atomic E-state index is 14.7. The lowest BCUT2D eigenvalue weighted by atomic mass is 10.0. The molecule has 1 aliphatic heterocycles. The molecule has 2 N–H and O–H groups in total. The van der Waals surface area contributed by atoms with E-state index in [0.29, 0.717) is 11.1 Å². The number of hydrogen-bond donors (Lipinski definition) is 2. The molecular formula is C25H19O4P. The van der Waals surface area contributed by atoms with Gasteiger partial charge in [-0.1, -0.05) is 60.7 Å². The normalized spacial score (nSPS) is 17.1. The molecule has 0 radical (unpaired) electrons. The van der Waals surface area contributed by atoms with E-state index in [1.165, 1.54) is 0 Å². The van der Waals surface area contributed by atoms with Crippen molar-refractivity contribution in [2.45, 2.75) is 5.66 Å². The van der Waals surface area contributed by atoms with Gasteiger partial charge in [0.1, 0.15) is 22.9 Å². The van der Waals surface area contributed by atoms with E-state index in [2.05, 4.69) is 0 Å². The summed E-state index contributed by atoms with van der Waals surface area (Å²) in [6.07, 6.45) is 0. The van der Waals surface area contributed by atoms with Gasteiger partial charge in [0, 0.05) is 5.56 Å². The fourth-order valence-electron chi connectivity index (χ4n) is 4.03. The maximum atomic E-state index is 14.7. The molecule has 1 unspecified atom stereocenters. The number of phenols is 2. The van der Waals surface area contributed by atoms with Crippen LogP contribution in [0, 0.1) is 0 Å². The van der Waals surface area contributed by atoms with Crippen molar-refractivity contribution in [2.24, 2.45) is 0 Å². The van der Waals surface area contributed by atoms with Gasteiger partial charge in [0.25, 0.3) is 7.37 Å². The summed E-state index contributed by atoms with van der Waals surface area (Å²) in [7, 11) is -3.48. The van der Waals surface area contributed by atoms with E-state index in [1.807, 2.05) is 48.5 Å². The van der Waals surface area contributed by atoms with Crippen molar-refractivity contribution in [3.8, 4) is 28.4 Å². The maximum Gasteiger partial charge on any atom is 0.289 e. The minimum Gasteiger partial charge on any atom is -0.508 e. The van der Waals surface area contributed by atoms with Crippen LogP contribution in [0.5, 0.6) is 17.2 Å². The van der Waals surface area contributed by atoms with E-state index >= 15 is 0 Å². The Bertz CT molecular complexity index is 1220. The van der Waals surface area contributed by atoms with Crippen LogP contribution in [0.3, 0.4) is 0 Å². The van der Waals surface area contributed by atoms with Crippen molar-refractivity contribution in [1.82, 2.24) is 0 Å². The minimum atomic E-state index is -3.48. The van der Waals surface area contributed by atoms with Crippen LogP contribution in [-0.2, 0) is 4.57 Å². The SMILES string of the molecule is O=P1(C(c2ccc(O)cc2)c2ccc(O)cc2)Oc2ccccc2-c2ccccc21. The highest BCUT2D eigenvalue weighted by Crippen LogP contribution is 2.65. The summed E-state index contributed by atoms with van der Waals surface area (Å²) < 4.78 is 21.0. The molecule has 0 aromatic heterocycles. The van der Waals surface area contributed by atoms with Crippen molar-refractivity contribution < 1.29 is 19.3 Å². The third-order valence-electron chi connectivity index (χ3n) is 5.41. The largest absolute Gasteiger partial charge is 0.508 e. The van der Waals surface area contributed by atoms with Gasteiger partial charge in [0.2, 0.25) is 0 Å². The van der Waals surface area contributed by atoms with Crippen LogP contribution in [-0.4, -0.2) is 10.2 Å². The van der Waals surface area contributed by atoms with Crippen molar-refractivity contribution in [1.29, 1.82) is 0 Å². The lowest BCUT2D eigenvalue weighted by molar-refractivity contribution is 0.473. The number of phenolic OH excluding ortho intramolecular Hbond substituents is 2. The van der Waals surface area contributed by atoms with Crippen LogP contribution in [0.2, 0.25) is 0 Å². The number of hydrogen-bond acceptors (Lipinski definition) is 4. The summed E-state index contributed by atoms with van der Waals surface area (Å²) in [6, 6.07) is 28.6. The van der Waals surface area contributed by atoms with Crippen LogP contribution in [0.1, 0.15) is 16.8 Å². The summed E-state index contributed by atoms with van der Waals surface area (Å²) in [5.74, 6) is 0.857. The Morgan fingerprint density at radius 1 is 0.633 bits per heavy atom. The van der Waals surface area contributed by atoms with Gasteiger partial charge in [-0.25, -0.2) is 0 Å². The van der Waals surface area contributed by atoms with Crippen molar-refractivity contribution >= 4 is 12.7 Å². The Morgan fingerprint density at radius 3 is 1.73 bits per heavy atom. The second kappa shape index (κ2) is 7.08. The second-order valence-corrected chi connectivity index (χ2v) is 9.66. The summed E-state index contributed by atoms with van der Waals surface area (Å²) in [6.45, 7) is 0. The first-order valence-corrected chi connectivity index (χ1v) is 11.3. The Labute approximate surface area is 174 Å². The molecule has 1 atom stereocenters. The second-order valence-electron chi connectivity index (χ2n) is 7.29. The highest BCUT2D eigenvalue weighted by atomic mass is 31.2. The summed E-state index contributed by atoms with van der Waals surface area (Å²) in [4.78, 5) is 0. The lowest BCUT2D eigenvalue weighted by Crippen LogP contribution is -2.22. The molecule has 4 aromatic rings. The predicted octanol–water partition coefficient (Wildman–Crippen LogP) is 5.85. The zero-order chi connectivity index (χ0) is 20.7. The van der Waals surface area contributed by atoms with Gasteiger partial charge in [-0.3, -0.25) is 4.57 Å². The zero-order valence-electron chi connectivity index (χ0n) is 16.0. The number of benzene rings is 4. The van der Waals surface area contributed by atoms with Crippen molar-refractivity contribution in [3.63, 3.8) is 0 Å². The van der Waals surface area contributed by atoms with Crippen LogP contribution in [0.15, 0.2) is 97.1 Å². The predicted molar refractivity (Wildman–Crippen MR) is 118 cm³/mol. The molecule has 0 aliphatic carbocycles. The van der Waals surface area contributed by atoms with Crippen molar-refractivity contribution in [2.75, 3.05) is 0 Å². The summed E-state index contributed by atoms with van der Waals surface area (Å²) >= 11 is 0. The molecular weight excluding hydrogens is 395 g/mol. The molecule has 5 rings (SSSR count). The first-order chi connectivity index (χ1) is 14.6. The van der Waals surface area contributed by atoms with E-state index in [0.717, 1.165) is 22.3 Å². The number of rotatable bonds is 3. The molecule has 0 saturated heterocycles.